The predicted molar refractivity (Wildman–Crippen MR) is 82.2 cm³/mol. The first-order chi connectivity index (χ1) is 10.7. The van der Waals surface area contributed by atoms with Gasteiger partial charge in [-0.05, 0) is 30.6 Å². The second-order valence-corrected chi connectivity index (χ2v) is 6.11. The van der Waals surface area contributed by atoms with E-state index in [9.17, 15) is 19.8 Å². The van der Waals surface area contributed by atoms with Crippen molar-refractivity contribution in [2.45, 2.75) is 51.1 Å². The van der Waals surface area contributed by atoms with E-state index in [0.717, 1.165) is 0 Å². The molecule has 0 spiro atoms. The molecule has 0 aromatic heterocycles. The standard InChI is InChI=1S/C17H22O6/c1-8-5-13(20)16-10(3)17(21)23-15(16)6-9(2)14(7-12(8)19)22-11(4)18/h6,12-16,19-20H,1,3,5,7H2,2,4H3/b9-6-/t12-,13-,14+,15-,16-/m1/s1. The maximum Gasteiger partial charge on any atom is 0.334 e. The summed E-state index contributed by atoms with van der Waals surface area (Å²) < 4.78 is 10.5. The third-order valence-corrected chi connectivity index (χ3v) is 4.30. The van der Waals surface area contributed by atoms with Crippen molar-refractivity contribution in [1.82, 2.24) is 0 Å². The fourth-order valence-electron chi connectivity index (χ4n) is 2.99. The third kappa shape index (κ3) is 3.71. The van der Waals surface area contributed by atoms with Crippen molar-refractivity contribution in [1.29, 1.82) is 0 Å². The van der Waals surface area contributed by atoms with Gasteiger partial charge in [0.1, 0.15) is 12.2 Å². The van der Waals surface area contributed by atoms with Gasteiger partial charge in [0, 0.05) is 18.9 Å². The van der Waals surface area contributed by atoms with E-state index in [-0.39, 0.29) is 18.4 Å². The summed E-state index contributed by atoms with van der Waals surface area (Å²) in [5, 5.41) is 20.6. The van der Waals surface area contributed by atoms with Crippen LogP contribution in [0.5, 0.6) is 0 Å². The highest BCUT2D eigenvalue weighted by Crippen LogP contribution is 2.35. The van der Waals surface area contributed by atoms with Gasteiger partial charge >= 0.3 is 11.9 Å². The maximum absolute atomic E-state index is 11.8. The van der Waals surface area contributed by atoms with E-state index >= 15 is 0 Å². The highest BCUT2D eigenvalue weighted by Gasteiger charge is 2.43. The van der Waals surface area contributed by atoms with Crippen LogP contribution in [0.4, 0.5) is 0 Å². The molecule has 1 aliphatic carbocycles. The van der Waals surface area contributed by atoms with E-state index in [1.54, 1.807) is 13.0 Å². The highest BCUT2D eigenvalue weighted by atomic mass is 16.6. The van der Waals surface area contributed by atoms with Gasteiger partial charge in [-0.3, -0.25) is 4.79 Å². The second kappa shape index (κ2) is 6.68. The SMILES string of the molecule is C=C1C(=O)O[C@@H]2/C=C(/C)[C@@H](OC(C)=O)C[C@@H](O)C(=C)C[C@@H](O)[C@@H]12. The first-order valence-electron chi connectivity index (χ1n) is 7.49. The van der Waals surface area contributed by atoms with Crippen LogP contribution < -0.4 is 0 Å². The molecule has 1 fully saturated rings. The summed E-state index contributed by atoms with van der Waals surface area (Å²) in [5.74, 6) is -1.64. The van der Waals surface area contributed by atoms with Crippen LogP contribution in [-0.2, 0) is 19.1 Å². The van der Waals surface area contributed by atoms with Crippen LogP contribution in [0.25, 0.3) is 0 Å². The summed E-state index contributed by atoms with van der Waals surface area (Å²) in [7, 11) is 0. The van der Waals surface area contributed by atoms with E-state index in [1.165, 1.54) is 6.92 Å². The summed E-state index contributed by atoms with van der Waals surface area (Å²) in [6.07, 6.45) is -1.29. The van der Waals surface area contributed by atoms with Gasteiger partial charge in [-0.1, -0.05) is 13.2 Å². The summed E-state index contributed by atoms with van der Waals surface area (Å²) >= 11 is 0. The van der Waals surface area contributed by atoms with Crippen molar-refractivity contribution in [2.75, 3.05) is 0 Å². The van der Waals surface area contributed by atoms with E-state index < -0.39 is 42.3 Å². The number of hydrogen-bond donors (Lipinski definition) is 2. The quantitative estimate of drug-likeness (QED) is 0.425. The fourth-order valence-corrected chi connectivity index (χ4v) is 2.99. The van der Waals surface area contributed by atoms with Gasteiger partial charge in [0.05, 0.1) is 18.1 Å². The normalized spacial score (nSPS) is 37.5. The summed E-state index contributed by atoms with van der Waals surface area (Å²) in [6, 6.07) is 0. The minimum Gasteiger partial charge on any atom is -0.458 e. The van der Waals surface area contributed by atoms with Crippen LogP contribution in [0, 0.1) is 5.92 Å². The Morgan fingerprint density at radius 1 is 1.39 bits per heavy atom. The fraction of sp³-hybridized carbons (Fsp3) is 0.529. The minimum absolute atomic E-state index is 0.109. The predicted octanol–water partition coefficient (Wildman–Crippen LogP) is 1.03. The van der Waals surface area contributed by atoms with Crippen LogP contribution in [0.1, 0.15) is 26.7 Å². The van der Waals surface area contributed by atoms with Crippen molar-refractivity contribution in [3.05, 3.63) is 36.0 Å². The average Bonchev–Trinajstić information content (AvgIpc) is 2.71. The topological polar surface area (TPSA) is 93.1 Å². The van der Waals surface area contributed by atoms with E-state index in [0.29, 0.717) is 11.1 Å². The molecule has 1 heterocycles. The summed E-state index contributed by atoms with van der Waals surface area (Å²) in [5.41, 5.74) is 1.24. The molecule has 126 valence electrons. The number of carbonyl (C=O) groups is 2. The van der Waals surface area contributed by atoms with Gasteiger partial charge in [0.15, 0.2) is 0 Å². The molecule has 2 N–H and O–H groups in total. The van der Waals surface area contributed by atoms with Crippen LogP contribution in [0.15, 0.2) is 36.0 Å². The molecule has 2 rings (SSSR count). The molecule has 1 saturated heterocycles. The molecule has 0 radical (unpaired) electrons. The zero-order valence-corrected chi connectivity index (χ0v) is 13.3. The van der Waals surface area contributed by atoms with Crippen molar-refractivity contribution >= 4 is 11.9 Å². The lowest BCUT2D eigenvalue weighted by atomic mass is 9.83. The average molecular weight is 322 g/mol. The molecule has 2 aliphatic rings. The molecule has 0 aromatic rings. The lowest BCUT2D eigenvalue weighted by molar-refractivity contribution is -0.146. The Morgan fingerprint density at radius 2 is 2.04 bits per heavy atom. The Bertz CT molecular complexity index is 576. The molecular formula is C17H22O6. The molecule has 1 aliphatic heterocycles. The Hall–Kier alpha value is -1.92. The van der Waals surface area contributed by atoms with E-state index in [1.807, 2.05) is 0 Å². The lowest BCUT2D eigenvalue weighted by Gasteiger charge is -2.28. The highest BCUT2D eigenvalue weighted by molar-refractivity contribution is 5.91. The van der Waals surface area contributed by atoms with Gasteiger partial charge in [-0.15, -0.1) is 0 Å². The summed E-state index contributed by atoms with van der Waals surface area (Å²) in [4.78, 5) is 23.1. The number of fused-ring (bicyclic) bond motifs is 1. The minimum atomic E-state index is -0.935. The zero-order valence-electron chi connectivity index (χ0n) is 13.3. The first kappa shape index (κ1) is 17.4. The lowest BCUT2D eigenvalue weighted by Crippen LogP contribution is -2.34. The number of aliphatic hydroxyl groups is 2. The molecule has 6 heteroatoms. The number of rotatable bonds is 1. The summed E-state index contributed by atoms with van der Waals surface area (Å²) in [6.45, 7) is 10.5. The van der Waals surface area contributed by atoms with Crippen LogP contribution in [-0.4, -0.2) is 46.6 Å². The van der Waals surface area contributed by atoms with Crippen molar-refractivity contribution in [2.24, 2.45) is 5.92 Å². The van der Waals surface area contributed by atoms with E-state index in [4.69, 9.17) is 9.47 Å². The molecule has 0 saturated carbocycles. The zero-order chi connectivity index (χ0) is 17.3. The molecule has 0 unspecified atom stereocenters. The van der Waals surface area contributed by atoms with Gasteiger partial charge in [0.2, 0.25) is 0 Å². The van der Waals surface area contributed by atoms with Crippen LogP contribution in [0.2, 0.25) is 0 Å². The van der Waals surface area contributed by atoms with Gasteiger partial charge < -0.3 is 19.7 Å². The number of aliphatic hydroxyl groups excluding tert-OH is 2. The molecule has 6 nitrogen and oxygen atoms in total. The van der Waals surface area contributed by atoms with Crippen molar-refractivity contribution in [3.8, 4) is 0 Å². The molecular weight excluding hydrogens is 300 g/mol. The van der Waals surface area contributed by atoms with Gasteiger partial charge in [-0.25, -0.2) is 4.79 Å². The largest absolute Gasteiger partial charge is 0.458 e. The first-order valence-corrected chi connectivity index (χ1v) is 7.49. The Kier molecular flexibility index (Phi) is 5.06. The maximum atomic E-state index is 11.8. The van der Waals surface area contributed by atoms with Crippen molar-refractivity contribution in [3.63, 3.8) is 0 Å². The molecule has 23 heavy (non-hydrogen) atoms. The Labute approximate surface area is 135 Å². The number of hydrogen-bond acceptors (Lipinski definition) is 6. The number of carbonyl (C=O) groups excluding carboxylic acids is 2. The Balaban J connectivity index is 2.40. The molecule has 0 amide bonds. The molecule has 5 atom stereocenters. The van der Waals surface area contributed by atoms with Crippen LogP contribution in [0.3, 0.4) is 0 Å². The third-order valence-electron chi connectivity index (χ3n) is 4.30. The van der Waals surface area contributed by atoms with Crippen molar-refractivity contribution < 1.29 is 29.3 Å². The van der Waals surface area contributed by atoms with E-state index in [2.05, 4.69) is 13.2 Å². The second-order valence-electron chi connectivity index (χ2n) is 6.11. The van der Waals surface area contributed by atoms with Crippen LogP contribution >= 0.6 is 0 Å². The number of ether oxygens (including phenoxy) is 2. The number of esters is 2. The van der Waals surface area contributed by atoms with Gasteiger partial charge in [0.25, 0.3) is 0 Å². The Morgan fingerprint density at radius 3 is 2.65 bits per heavy atom. The van der Waals surface area contributed by atoms with Gasteiger partial charge in [-0.2, -0.15) is 0 Å². The molecule has 0 bridgehead atoms. The smallest absolute Gasteiger partial charge is 0.334 e. The monoisotopic (exact) mass is 322 g/mol. The molecule has 0 aromatic carbocycles.